The number of fused-ring (bicyclic) bond motifs is 1. The van der Waals surface area contributed by atoms with Crippen molar-refractivity contribution in [3.8, 4) is 0 Å². The van der Waals surface area contributed by atoms with Crippen molar-refractivity contribution in [1.82, 2.24) is 4.57 Å². The van der Waals surface area contributed by atoms with Gasteiger partial charge in [-0.1, -0.05) is 24.6 Å². The molecule has 0 N–H and O–H groups in total. The third kappa shape index (κ3) is 2.16. The van der Waals surface area contributed by atoms with Crippen LogP contribution >= 0.6 is 23.4 Å². The first-order valence-corrected chi connectivity index (χ1v) is 6.57. The van der Waals surface area contributed by atoms with E-state index in [-0.39, 0.29) is 0 Å². The molecule has 3 heteroatoms. The first-order valence-electron chi connectivity index (χ1n) is 5.03. The lowest BCUT2D eigenvalue weighted by molar-refractivity contribution is 0.963. The first-order chi connectivity index (χ1) is 7.22. The van der Waals surface area contributed by atoms with Crippen LogP contribution in [-0.2, 0) is 12.8 Å². The molecule has 0 unspecified atom stereocenters. The van der Waals surface area contributed by atoms with Gasteiger partial charge in [-0.05, 0) is 23.4 Å². The third-order valence-electron chi connectivity index (χ3n) is 2.50. The number of benzene rings is 1. The molecule has 0 aliphatic heterocycles. The molecule has 0 radical (unpaired) electrons. The lowest BCUT2D eigenvalue weighted by Gasteiger charge is -1.97. The first kappa shape index (κ1) is 10.9. The highest BCUT2D eigenvalue weighted by Gasteiger charge is 2.06. The number of halogens is 1. The molecule has 0 aliphatic carbocycles. The van der Waals surface area contributed by atoms with Gasteiger partial charge in [-0.2, -0.15) is 11.8 Å². The van der Waals surface area contributed by atoms with Crippen LogP contribution in [0.2, 0.25) is 5.02 Å². The molecule has 80 valence electrons. The van der Waals surface area contributed by atoms with Gasteiger partial charge in [0.15, 0.2) is 0 Å². The van der Waals surface area contributed by atoms with Crippen molar-refractivity contribution in [3.05, 3.63) is 35.0 Å². The number of nitrogens with zero attached hydrogens (tertiary/aromatic N) is 1. The topological polar surface area (TPSA) is 4.93 Å². The Bertz CT molecular complexity index is 476. The Hall–Kier alpha value is -0.600. The van der Waals surface area contributed by atoms with Crippen molar-refractivity contribution in [1.29, 1.82) is 0 Å². The minimum atomic E-state index is 0.804. The van der Waals surface area contributed by atoms with Gasteiger partial charge in [0.05, 0.1) is 0 Å². The second-order valence-electron chi connectivity index (χ2n) is 3.56. The third-order valence-corrected chi connectivity index (χ3v) is 3.66. The maximum Gasteiger partial charge on any atom is 0.0495 e. The van der Waals surface area contributed by atoms with Gasteiger partial charge >= 0.3 is 0 Å². The van der Waals surface area contributed by atoms with E-state index in [4.69, 9.17) is 11.6 Å². The van der Waals surface area contributed by atoms with Crippen LogP contribution in [0.1, 0.15) is 12.5 Å². The van der Waals surface area contributed by atoms with Gasteiger partial charge in [0.25, 0.3) is 0 Å². The zero-order chi connectivity index (χ0) is 10.8. The number of thioether (sulfide) groups is 1. The Balaban J connectivity index is 2.48. The van der Waals surface area contributed by atoms with Gasteiger partial charge in [0.1, 0.15) is 0 Å². The molecule has 0 saturated heterocycles. The summed E-state index contributed by atoms with van der Waals surface area (Å²) < 4.78 is 2.15. The van der Waals surface area contributed by atoms with Crippen molar-refractivity contribution >= 4 is 34.3 Å². The van der Waals surface area contributed by atoms with Crippen molar-refractivity contribution in [2.24, 2.45) is 7.05 Å². The van der Waals surface area contributed by atoms with Crippen molar-refractivity contribution in [2.45, 2.75) is 12.7 Å². The summed E-state index contributed by atoms with van der Waals surface area (Å²) >= 11 is 7.93. The lowest BCUT2D eigenvalue weighted by Crippen LogP contribution is -1.82. The van der Waals surface area contributed by atoms with E-state index < -0.39 is 0 Å². The van der Waals surface area contributed by atoms with Crippen LogP contribution in [0.5, 0.6) is 0 Å². The summed E-state index contributed by atoms with van der Waals surface area (Å²) in [7, 11) is 2.07. The molecule has 1 heterocycles. The molecule has 0 amide bonds. The summed E-state index contributed by atoms with van der Waals surface area (Å²) in [5, 5.41) is 2.13. The molecular weight excluding hydrogens is 226 g/mol. The smallest absolute Gasteiger partial charge is 0.0495 e. The summed E-state index contributed by atoms with van der Waals surface area (Å²) in [5.74, 6) is 2.24. The average molecular weight is 240 g/mol. The summed E-state index contributed by atoms with van der Waals surface area (Å²) in [6.07, 6.45) is 2.20. The quantitative estimate of drug-likeness (QED) is 0.781. The Kier molecular flexibility index (Phi) is 3.27. The van der Waals surface area contributed by atoms with Gasteiger partial charge in [0, 0.05) is 34.9 Å². The van der Waals surface area contributed by atoms with Gasteiger partial charge in [-0.25, -0.2) is 0 Å². The molecule has 0 aliphatic rings. The average Bonchev–Trinajstić information content (AvgIpc) is 2.53. The lowest BCUT2D eigenvalue weighted by atomic mass is 10.2. The molecule has 0 spiro atoms. The fourth-order valence-corrected chi connectivity index (χ4v) is 2.59. The summed E-state index contributed by atoms with van der Waals surface area (Å²) in [6, 6.07) is 6.10. The van der Waals surface area contributed by atoms with Crippen LogP contribution in [-0.4, -0.2) is 10.3 Å². The zero-order valence-electron chi connectivity index (χ0n) is 8.96. The van der Waals surface area contributed by atoms with E-state index in [9.17, 15) is 0 Å². The highest BCUT2D eigenvalue weighted by atomic mass is 35.5. The molecule has 0 atom stereocenters. The highest BCUT2D eigenvalue weighted by Crippen LogP contribution is 2.26. The molecule has 2 aromatic rings. The highest BCUT2D eigenvalue weighted by molar-refractivity contribution is 7.98. The SMILES string of the molecule is CCSCc1cn(C)c2cc(Cl)ccc12. The normalized spacial score (nSPS) is 11.1. The molecule has 0 saturated carbocycles. The van der Waals surface area contributed by atoms with Crippen LogP contribution in [0.25, 0.3) is 10.9 Å². The number of aryl methyl sites for hydroxylation is 1. The van der Waals surface area contributed by atoms with E-state index >= 15 is 0 Å². The standard InChI is InChI=1S/C12H14ClNS/c1-3-15-8-9-7-14(2)12-6-10(13)4-5-11(9)12/h4-7H,3,8H2,1-2H3. The molecule has 1 nitrogen and oxygen atoms in total. The predicted molar refractivity (Wildman–Crippen MR) is 69.8 cm³/mol. The van der Waals surface area contributed by atoms with Crippen LogP contribution < -0.4 is 0 Å². The van der Waals surface area contributed by atoms with Gasteiger partial charge in [-0.3, -0.25) is 0 Å². The Morgan fingerprint density at radius 2 is 2.20 bits per heavy atom. The molecule has 1 aromatic carbocycles. The van der Waals surface area contributed by atoms with E-state index in [2.05, 4.69) is 30.8 Å². The van der Waals surface area contributed by atoms with Crippen molar-refractivity contribution in [3.63, 3.8) is 0 Å². The summed E-state index contributed by atoms with van der Waals surface area (Å²) in [6.45, 7) is 2.19. The van der Waals surface area contributed by atoms with Crippen molar-refractivity contribution in [2.75, 3.05) is 5.75 Å². The van der Waals surface area contributed by atoms with Crippen LogP contribution in [0, 0.1) is 0 Å². The molecule has 0 fully saturated rings. The zero-order valence-corrected chi connectivity index (χ0v) is 10.5. The fraction of sp³-hybridized carbons (Fsp3) is 0.333. The van der Waals surface area contributed by atoms with E-state index in [1.807, 2.05) is 23.9 Å². The Labute approximate surface area is 99.4 Å². The molecule has 2 rings (SSSR count). The maximum absolute atomic E-state index is 5.99. The van der Waals surface area contributed by atoms with E-state index in [0.29, 0.717) is 0 Å². The second kappa shape index (κ2) is 4.50. The molecule has 15 heavy (non-hydrogen) atoms. The van der Waals surface area contributed by atoms with Crippen LogP contribution in [0.3, 0.4) is 0 Å². The van der Waals surface area contributed by atoms with Crippen LogP contribution in [0.4, 0.5) is 0 Å². The summed E-state index contributed by atoms with van der Waals surface area (Å²) in [4.78, 5) is 0. The molecule has 0 bridgehead atoms. The predicted octanol–water partition coefficient (Wildman–Crippen LogP) is 4.08. The minimum absolute atomic E-state index is 0.804. The maximum atomic E-state index is 5.99. The van der Waals surface area contributed by atoms with Gasteiger partial charge in [-0.15, -0.1) is 0 Å². The number of hydrogen-bond acceptors (Lipinski definition) is 1. The van der Waals surface area contributed by atoms with E-state index in [1.165, 1.54) is 16.5 Å². The monoisotopic (exact) mass is 239 g/mol. The van der Waals surface area contributed by atoms with E-state index in [1.54, 1.807) is 0 Å². The largest absolute Gasteiger partial charge is 0.350 e. The Morgan fingerprint density at radius 1 is 1.40 bits per heavy atom. The van der Waals surface area contributed by atoms with Crippen molar-refractivity contribution < 1.29 is 0 Å². The summed E-state index contributed by atoms with van der Waals surface area (Å²) in [5.41, 5.74) is 2.62. The number of rotatable bonds is 3. The molecule has 1 aromatic heterocycles. The van der Waals surface area contributed by atoms with Crippen LogP contribution in [0.15, 0.2) is 24.4 Å². The fourth-order valence-electron chi connectivity index (χ4n) is 1.77. The minimum Gasteiger partial charge on any atom is -0.350 e. The Morgan fingerprint density at radius 3 is 2.93 bits per heavy atom. The van der Waals surface area contributed by atoms with E-state index in [0.717, 1.165) is 16.5 Å². The number of aromatic nitrogens is 1. The molecular formula is C12H14ClNS. The number of hydrogen-bond donors (Lipinski definition) is 0. The van der Waals surface area contributed by atoms with Gasteiger partial charge in [0.2, 0.25) is 0 Å². The second-order valence-corrected chi connectivity index (χ2v) is 5.27. The van der Waals surface area contributed by atoms with Gasteiger partial charge < -0.3 is 4.57 Å².